The second-order valence-electron chi connectivity index (χ2n) is 5.81. The zero-order valence-electron chi connectivity index (χ0n) is 11.5. The number of fused-ring (bicyclic) bond motifs is 1. The molecular weight excluding hydrogens is 232 g/mol. The second kappa shape index (κ2) is 5.30. The molecule has 3 rings (SSSR count). The van der Waals surface area contributed by atoms with Crippen molar-refractivity contribution in [2.24, 2.45) is 11.7 Å². The van der Waals surface area contributed by atoms with Crippen LogP contribution in [-0.2, 0) is 0 Å². The fraction of sp³-hybridized carbons (Fsp3) is 0.471. The second-order valence-corrected chi connectivity index (χ2v) is 5.81. The third-order valence-electron chi connectivity index (χ3n) is 4.65. The molecule has 3 atom stereocenters. The van der Waals surface area contributed by atoms with E-state index in [0.717, 1.165) is 17.9 Å². The monoisotopic (exact) mass is 254 g/mol. The van der Waals surface area contributed by atoms with Gasteiger partial charge in [0, 0.05) is 17.6 Å². The standard InChI is InChI=1S/C17H22N2/c1-2-12-5-8-16(18)15(10-12)14-7-6-13-4-3-9-19-17(13)11-14/h3-4,6-7,9,11-12,15-16H,2,5,8,10,18H2,1H3. The Balaban J connectivity index is 1.93. The maximum atomic E-state index is 6.35. The van der Waals surface area contributed by atoms with Crippen molar-refractivity contribution < 1.29 is 0 Å². The molecule has 1 aliphatic rings. The lowest BCUT2D eigenvalue weighted by Gasteiger charge is -2.34. The molecular formula is C17H22N2. The van der Waals surface area contributed by atoms with Gasteiger partial charge in [-0.15, -0.1) is 0 Å². The van der Waals surface area contributed by atoms with Gasteiger partial charge in [0.1, 0.15) is 0 Å². The van der Waals surface area contributed by atoms with Gasteiger partial charge in [0.2, 0.25) is 0 Å². The molecule has 0 spiro atoms. The molecule has 0 bridgehead atoms. The lowest BCUT2D eigenvalue weighted by Crippen LogP contribution is -2.34. The molecule has 2 aromatic rings. The van der Waals surface area contributed by atoms with Crippen LogP contribution in [0.2, 0.25) is 0 Å². The molecule has 100 valence electrons. The smallest absolute Gasteiger partial charge is 0.0704 e. The van der Waals surface area contributed by atoms with E-state index in [9.17, 15) is 0 Å². The molecule has 1 fully saturated rings. The zero-order chi connectivity index (χ0) is 13.2. The lowest BCUT2D eigenvalue weighted by molar-refractivity contribution is 0.282. The number of hydrogen-bond donors (Lipinski definition) is 1. The summed E-state index contributed by atoms with van der Waals surface area (Å²) in [6.45, 7) is 2.29. The van der Waals surface area contributed by atoms with Crippen LogP contribution in [0.5, 0.6) is 0 Å². The quantitative estimate of drug-likeness (QED) is 0.884. The molecule has 0 amide bonds. The molecule has 1 saturated carbocycles. The van der Waals surface area contributed by atoms with Gasteiger partial charge in [-0.2, -0.15) is 0 Å². The highest BCUT2D eigenvalue weighted by Gasteiger charge is 2.28. The minimum absolute atomic E-state index is 0.309. The summed E-state index contributed by atoms with van der Waals surface area (Å²) in [7, 11) is 0. The highest BCUT2D eigenvalue weighted by molar-refractivity contribution is 5.79. The minimum Gasteiger partial charge on any atom is -0.327 e. The Bertz CT molecular complexity index is 564. The fourth-order valence-electron chi connectivity index (χ4n) is 3.35. The van der Waals surface area contributed by atoms with Crippen LogP contribution >= 0.6 is 0 Å². The van der Waals surface area contributed by atoms with Gasteiger partial charge in [-0.3, -0.25) is 4.98 Å². The Kier molecular flexibility index (Phi) is 3.52. The van der Waals surface area contributed by atoms with E-state index in [-0.39, 0.29) is 0 Å². The van der Waals surface area contributed by atoms with Gasteiger partial charge in [0.05, 0.1) is 5.52 Å². The average molecular weight is 254 g/mol. The number of pyridine rings is 1. The maximum Gasteiger partial charge on any atom is 0.0704 e. The van der Waals surface area contributed by atoms with Crippen LogP contribution in [0.25, 0.3) is 10.9 Å². The Morgan fingerprint density at radius 3 is 3.00 bits per heavy atom. The minimum atomic E-state index is 0.309. The molecule has 2 heteroatoms. The van der Waals surface area contributed by atoms with Crippen LogP contribution in [0.15, 0.2) is 36.5 Å². The molecule has 0 aliphatic heterocycles. The van der Waals surface area contributed by atoms with Crippen molar-refractivity contribution in [1.29, 1.82) is 0 Å². The van der Waals surface area contributed by atoms with E-state index in [1.54, 1.807) is 0 Å². The van der Waals surface area contributed by atoms with Gasteiger partial charge in [-0.05, 0) is 48.8 Å². The summed E-state index contributed by atoms with van der Waals surface area (Å²) in [6.07, 6.45) is 6.82. The van der Waals surface area contributed by atoms with Crippen molar-refractivity contribution in [3.63, 3.8) is 0 Å². The molecule has 1 aliphatic carbocycles. The molecule has 19 heavy (non-hydrogen) atoms. The fourth-order valence-corrected chi connectivity index (χ4v) is 3.35. The van der Waals surface area contributed by atoms with Crippen LogP contribution in [0.1, 0.15) is 44.1 Å². The van der Waals surface area contributed by atoms with Crippen LogP contribution in [-0.4, -0.2) is 11.0 Å². The molecule has 3 unspecified atom stereocenters. The van der Waals surface area contributed by atoms with E-state index in [0.29, 0.717) is 12.0 Å². The van der Waals surface area contributed by atoms with Crippen molar-refractivity contribution in [1.82, 2.24) is 4.98 Å². The van der Waals surface area contributed by atoms with Crippen LogP contribution < -0.4 is 5.73 Å². The van der Waals surface area contributed by atoms with Crippen LogP contribution in [0, 0.1) is 5.92 Å². The molecule has 2 nitrogen and oxygen atoms in total. The number of benzene rings is 1. The molecule has 1 aromatic heterocycles. The first kappa shape index (κ1) is 12.6. The Labute approximate surface area is 115 Å². The SMILES string of the molecule is CCC1CCC(N)C(c2ccc3cccnc3c2)C1. The summed E-state index contributed by atoms with van der Waals surface area (Å²) in [6, 6.07) is 11.1. The van der Waals surface area contributed by atoms with Crippen molar-refractivity contribution in [3.8, 4) is 0 Å². The summed E-state index contributed by atoms with van der Waals surface area (Å²) in [5.41, 5.74) is 8.81. The van der Waals surface area contributed by atoms with E-state index >= 15 is 0 Å². The average Bonchev–Trinajstić information content (AvgIpc) is 2.47. The Hall–Kier alpha value is -1.41. The van der Waals surface area contributed by atoms with E-state index in [1.807, 2.05) is 12.3 Å². The normalized spacial score (nSPS) is 27.6. The van der Waals surface area contributed by atoms with E-state index in [1.165, 1.54) is 30.2 Å². The number of aromatic nitrogens is 1. The Morgan fingerprint density at radius 1 is 1.26 bits per heavy atom. The molecule has 1 aromatic carbocycles. The van der Waals surface area contributed by atoms with Crippen molar-refractivity contribution in [2.45, 2.75) is 44.6 Å². The van der Waals surface area contributed by atoms with Crippen LogP contribution in [0.3, 0.4) is 0 Å². The van der Waals surface area contributed by atoms with Crippen LogP contribution in [0.4, 0.5) is 0 Å². The van der Waals surface area contributed by atoms with Gasteiger partial charge >= 0.3 is 0 Å². The first-order valence-corrected chi connectivity index (χ1v) is 7.38. The van der Waals surface area contributed by atoms with Crippen molar-refractivity contribution in [3.05, 3.63) is 42.1 Å². The number of nitrogens with zero attached hydrogens (tertiary/aromatic N) is 1. The zero-order valence-corrected chi connectivity index (χ0v) is 11.5. The maximum absolute atomic E-state index is 6.35. The Morgan fingerprint density at radius 2 is 2.16 bits per heavy atom. The van der Waals surface area contributed by atoms with E-state index in [4.69, 9.17) is 5.73 Å². The van der Waals surface area contributed by atoms with Gasteiger partial charge in [0.15, 0.2) is 0 Å². The van der Waals surface area contributed by atoms with Gasteiger partial charge in [-0.25, -0.2) is 0 Å². The van der Waals surface area contributed by atoms with E-state index in [2.05, 4.69) is 36.2 Å². The lowest BCUT2D eigenvalue weighted by atomic mass is 9.74. The van der Waals surface area contributed by atoms with Crippen molar-refractivity contribution >= 4 is 10.9 Å². The summed E-state index contributed by atoms with van der Waals surface area (Å²) in [5.74, 6) is 1.34. The highest BCUT2D eigenvalue weighted by Crippen LogP contribution is 2.37. The third-order valence-corrected chi connectivity index (χ3v) is 4.65. The van der Waals surface area contributed by atoms with Gasteiger partial charge in [-0.1, -0.05) is 31.5 Å². The summed E-state index contributed by atoms with van der Waals surface area (Å²) >= 11 is 0. The predicted molar refractivity (Wildman–Crippen MR) is 80.1 cm³/mol. The topological polar surface area (TPSA) is 38.9 Å². The predicted octanol–water partition coefficient (Wildman–Crippen LogP) is 3.86. The molecule has 1 heterocycles. The van der Waals surface area contributed by atoms with Gasteiger partial charge in [0.25, 0.3) is 0 Å². The first-order chi connectivity index (χ1) is 9.28. The largest absolute Gasteiger partial charge is 0.327 e. The molecule has 0 radical (unpaired) electrons. The summed E-state index contributed by atoms with van der Waals surface area (Å²) < 4.78 is 0. The van der Waals surface area contributed by atoms with Crippen molar-refractivity contribution in [2.75, 3.05) is 0 Å². The van der Waals surface area contributed by atoms with E-state index < -0.39 is 0 Å². The van der Waals surface area contributed by atoms with Gasteiger partial charge < -0.3 is 5.73 Å². The summed E-state index contributed by atoms with van der Waals surface area (Å²) in [5, 5.41) is 1.21. The molecule has 2 N–H and O–H groups in total. The number of rotatable bonds is 2. The number of nitrogens with two attached hydrogens (primary N) is 1. The summed E-state index contributed by atoms with van der Waals surface area (Å²) in [4.78, 5) is 4.46. The highest BCUT2D eigenvalue weighted by atomic mass is 14.7. The number of hydrogen-bond acceptors (Lipinski definition) is 2. The molecule has 0 saturated heterocycles. The first-order valence-electron chi connectivity index (χ1n) is 7.38. The third kappa shape index (κ3) is 2.50.